The maximum absolute atomic E-state index is 12.1. The van der Waals surface area contributed by atoms with Gasteiger partial charge in [-0.05, 0) is 54.4 Å². The van der Waals surface area contributed by atoms with Crippen LogP contribution in [0.4, 0.5) is 5.69 Å². The van der Waals surface area contributed by atoms with Crippen LogP contribution in [-0.2, 0) is 6.54 Å². The van der Waals surface area contributed by atoms with Gasteiger partial charge in [0.1, 0.15) is 0 Å². The van der Waals surface area contributed by atoms with Crippen LogP contribution < -0.4 is 10.7 Å². The lowest BCUT2D eigenvalue weighted by Gasteiger charge is -2.07. The molecular formula is C21H20N4O. The Labute approximate surface area is 152 Å². The third kappa shape index (κ3) is 5.01. The molecule has 0 spiro atoms. The predicted octanol–water partition coefficient (Wildman–Crippen LogP) is 3.77. The van der Waals surface area contributed by atoms with Crippen molar-refractivity contribution in [3.63, 3.8) is 0 Å². The molecule has 0 radical (unpaired) electrons. The first kappa shape index (κ1) is 17.4. The van der Waals surface area contributed by atoms with Gasteiger partial charge >= 0.3 is 0 Å². The van der Waals surface area contributed by atoms with Crippen molar-refractivity contribution in [3.05, 3.63) is 95.3 Å². The van der Waals surface area contributed by atoms with Crippen LogP contribution in [0.1, 0.15) is 27.0 Å². The molecule has 0 atom stereocenters. The molecule has 0 bridgehead atoms. The average Bonchev–Trinajstić information content (AvgIpc) is 2.69. The highest BCUT2D eigenvalue weighted by Gasteiger charge is 2.04. The highest BCUT2D eigenvalue weighted by molar-refractivity contribution is 5.94. The molecule has 130 valence electrons. The SMILES string of the molecule is Cc1ccc(NCc2ccc(C(=O)NN=Cc3ccncc3)cc2)cc1. The van der Waals surface area contributed by atoms with Crippen LogP contribution >= 0.6 is 0 Å². The normalized spacial score (nSPS) is 10.7. The van der Waals surface area contributed by atoms with Gasteiger partial charge in [0.05, 0.1) is 6.21 Å². The Hall–Kier alpha value is -3.47. The minimum absolute atomic E-state index is 0.242. The van der Waals surface area contributed by atoms with E-state index in [9.17, 15) is 4.79 Å². The van der Waals surface area contributed by atoms with Crippen LogP contribution in [0.15, 0.2) is 78.2 Å². The lowest BCUT2D eigenvalue weighted by molar-refractivity contribution is 0.0955. The summed E-state index contributed by atoms with van der Waals surface area (Å²) >= 11 is 0. The maximum atomic E-state index is 12.1. The third-order valence-corrected chi connectivity index (χ3v) is 3.85. The molecule has 0 unspecified atom stereocenters. The third-order valence-electron chi connectivity index (χ3n) is 3.85. The van der Waals surface area contributed by atoms with E-state index in [2.05, 4.69) is 52.0 Å². The second kappa shape index (κ2) is 8.58. The van der Waals surface area contributed by atoms with Crippen molar-refractivity contribution in [1.82, 2.24) is 10.4 Å². The predicted molar refractivity (Wildman–Crippen MR) is 104 cm³/mol. The van der Waals surface area contributed by atoms with Crippen molar-refractivity contribution >= 4 is 17.8 Å². The van der Waals surface area contributed by atoms with Gasteiger partial charge < -0.3 is 5.32 Å². The van der Waals surface area contributed by atoms with E-state index < -0.39 is 0 Å². The highest BCUT2D eigenvalue weighted by Crippen LogP contribution is 2.11. The van der Waals surface area contributed by atoms with E-state index in [1.807, 2.05) is 24.3 Å². The lowest BCUT2D eigenvalue weighted by Crippen LogP contribution is -2.17. The quantitative estimate of drug-likeness (QED) is 0.528. The summed E-state index contributed by atoms with van der Waals surface area (Å²) in [4.78, 5) is 16.0. The Morgan fingerprint density at radius 1 is 1.00 bits per heavy atom. The molecule has 5 heteroatoms. The zero-order chi connectivity index (χ0) is 18.2. The van der Waals surface area contributed by atoms with Crippen LogP contribution in [0.25, 0.3) is 0 Å². The van der Waals surface area contributed by atoms with E-state index in [-0.39, 0.29) is 5.91 Å². The molecule has 2 aromatic carbocycles. The van der Waals surface area contributed by atoms with E-state index in [1.165, 1.54) is 5.56 Å². The lowest BCUT2D eigenvalue weighted by atomic mass is 10.1. The first-order valence-electron chi connectivity index (χ1n) is 8.33. The van der Waals surface area contributed by atoms with Crippen molar-refractivity contribution in [2.75, 3.05) is 5.32 Å². The van der Waals surface area contributed by atoms with Gasteiger partial charge in [-0.25, -0.2) is 5.43 Å². The molecule has 0 fully saturated rings. The minimum atomic E-state index is -0.242. The number of amides is 1. The number of rotatable bonds is 6. The number of nitrogens with one attached hydrogen (secondary N) is 2. The summed E-state index contributed by atoms with van der Waals surface area (Å²) in [5.74, 6) is -0.242. The van der Waals surface area contributed by atoms with E-state index >= 15 is 0 Å². The Kier molecular flexibility index (Phi) is 5.72. The van der Waals surface area contributed by atoms with Crippen molar-refractivity contribution in [1.29, 1.82) is 0 Å². The van der Waals surface area contributed by atoms with Crippen molar-refractivity contribution in [3.8, 4) is 0 Å². The van der Waals surface area contributed by atoms with Crippen LogP contribution in [0.3, 0.4) is 0 Å². The van der Waals surface area contributed by atoms with E-state index in [0.29, 0.717) is 12.1 Å². The van der Waals surface area contributed by atoms with Gasteiger partial charge in [0.15, 0.2) is 0 Å². The number of pyridine rings is 1. The van der Waals surface area contributed by atoms with E-state index in [4.69, 9.17) is 0 Å². The number of hydrogen-bond acceptors (Lipinski definition) is 4. The minimum Gasteiger partial charge on any atom is -0.381 e. The number of carbonyl (C=O) groups excluding carboxylic acids is 1. The second-order valence-electron chi connectivity index (χ2n) is 5.90. The topological polar surface area (TPSA) is 66.4 Å². The summed E-state index contributed by atoms with van der Waals surface area (Å²) < 4.78 is 0. The zero-order valence-electron chi connectivity index (χ0n) is 14.5. The van der Waals surface area contributed by atoms with E-state index in [1.54, 1.807) is 30.7 Å². The zero-order valence-corrected chi connectivity index (χ0v) is 14.5. The van der Waals surface area contributed by atoms with Gasteiger partial charge in [0.2, 0.25) is 0 Å². The number of hydrazone groups is 1. The molecule has 26 heavy (non-hydrogen) atoms. The molecule has 1 heterocycles. The fourth-order valence-corrected chi connectivity index (χ4v) is 2.33. The van der Waals surface area contributed by atoms with E-state index in [0.717, 1.165) is 16.8 Å². The number of carbonyl (C=O) groups is 1. The Morgan fingerprint density at radius 3 is 2.38 bits per heavy atom. The van der Waals surface area contributed by atoms with Gasteiger partial charge in [-0.15, -0.1) is 0 Å². The molecule has 5 nitrogen and oxygen atoms in total. The number of anilines is 1. The van der Waals surface area contributed by atoms with Crippen LogP contribution in [0.5, 0.6) is 0 Å². The molecule has 1 amide bonds. The van der Waals surface area contributed by atoms with Crippen molar-refractivity contribution < 1.29 is 4.79 Å². The summed E-state index contributed by atoms with van der Waals surface area (Å²) in [6.45, 7) is 2.76. The molecule has 0 saturated carbocycles. The highest BCUT2D eigenvalue weighted by atomic mass is 16.2. The van der Waals surface area contributed by atoms with Gasteiger partial charge in [-0.3, -0.25) is 9.78 Å². The molecule has 0 aliphatic heterocycles. The fraction of sp³-hybridized carbons (Fsp3) is 0.0952. The smallest absolute Gasteiger partial charge is 0.271 e. The second-order valence-corrected chi connectivity index (χ2v) is 5.90. The number of aryl methyl sites for hydroxylation is 1. The Balaban J connectivity index is 1.52. The largest absolute Gasteiger partial charge is 0.381 e. The van der Waals surface area contributed by atoms with Crippen LogP contribution in [0, 0.1) is 6.92 Å². The average molecular weight is 344 g/mol. The number of hydrogen-bond donors (Lipinski definition) is 2. The molecule has 0 saturated heterocycles. The van der Waals surface area contributed by atoms with Gasteiger partial charge in [0, 0.05) is 30.2 Å². The first-order chi connectivity index (χ1) is 12.7. The summed E-state index contributed by atoms with van der Waals surface area (Å²) in [5, 5.41) is 7.32. The van der Waals surface area contributed by atoms with Crippen LogP contribution in [0.2, 0.25) is 0 Å². The monoisotopic (exact) mass is 344 g/mol. The number of benzene rings is 2. The van der Waals surface area contributed by atoms with Crippen molar-refractivity contribution in [2.24, 2.45) is 5.10 Å². The summed E-state index contributed by atoms with van der Waals surface area (Å²) in [6, 6.07) is 19.3. The fourth-order valence-electron chi connectivity index (χ4n) is 2.33. The van der Waals surface area contributed by atoms with Gasteiger partial charge in [0.25, 0.3) is 5.91 Å². The van der Waals surface area contributed by atoms with Crippen LogP contribution in [-0.4, -0.2) is 17.1 Å². The molecule has 3 aromatic rings. The number of nitrogens with zero attached hydrogens (tertiary/aromatic N) is 2. The number of aromatic nitrogens is 1. The summed E-state index contributed by atoms with van der Waals surface area (Å²) in [6.07, 6.45) is 4.93. The van der Waals surface area contributed by atoms with Gasteiger partial charge in [-0.2, -0.15) is 5.10 Å². The Morgan fingerprint density at radius 2 is 1.69 bits per heavy atom. The first-order valence-corrected chi connectivity index (χ1v) is 8.33. The molecule has 1 aromatic heterocycles. The maximum Gasteiger partial charge on any atom is 0.271 e. The Bertz CT molecular complexity index is 872. The van der Waals surface area contributed by atoms with Crippen molar-refractivity contribution in [2.45, 2.75) is 13.5 Å². The molecule has 3 rings (SSSR count). The molecular weight excluding hydrogens is 324 g/mol. The molecule has 0 aliphatic rings. The molecule has 2 N–H and O–H groups in total. The van der Waals surface area contributed by atoms with Gasteiger partial charge in [-0.1, -0.05) is 29.8 Å². The standard InChI is InChI=1S/C21H20N4O/c1-16-2-8-20(9-3-16)23-14-17-4-6-19(7-5-17)21(26)25-24-15-18-10-12-22-13-11-18/h2-13,15,23H,14H2,1H3,(H,25,26). The summed E-state index contributed by atoms with van der Waals surface area (Å²) in [5.41, 5.74) is 7.37. The summed E-state index contributed by atoms with van der Waals surface area (Å²) in [7, 11) is 0. The molecule has 0 aliphatic carbocycles.